The molecule has 0 aromatic heterocycles. The van der Waals surface area contributed by atoms with E-state index in [4.69, 9.17) is 0 Å². The van der Waals surface area contributed by atoms with Crippen molar-refractivity contribution >= 4 is 0 Å². The third kappa shape index (κ3) is 3.12. The Balaban J connectivity index is 2.13. The van der Waals surface area contributed by atoms with Gasteiger partial charge in [-0.25, -0.2) is 0 Å². The van der Waals surface area contributed by atoms with Gasteiger partial charge in [-0.3, -0.25) is 0 Å². The second kappa shape index (κ2) is 4.84. The first kappa shape index (κ1) is 12.7. The van der Waals surface area contributed by atoms with Crippen LogP contribution in [0.4, 0.5) is 0 Å². The maximum atomic E-state index is 2.32. The van der Waals surface area contributed by atoms with E-state index in [0.717, 1.165) is 6.42 Å². The topological polar surface area (TPSA) is 0 Å². The molecule has 89 valence electrons. The number of aryl methyl sites for hydroxylation is 2. The number of benzene rings is 1. The molecule has 1 saturated carbocycles. The van der Waals surface area contributed by atoms with Gasteiger partial charge in [0.15, 0.2) is 0 Å². The third-order valence-corrected chi connectivity index (χ3v) is 3.37. The molecule has 5 radical (unpaired) electrons. The first-order valence-corrected chi connectivity index (χ1v) is 6.27. The fraction of sp³-hybridized carbons (Fsp3) is 0.353. The van der Waals surface area contributed by atoms with Crippen molar-refractivity contribution in [3.05, 3.63) is 66.5 Å². The van der Waals surface area contributed by atoms with Crippen molar-refractivity contribution in [3.63, 3.8) is 0 Å². The van der Waals surface area contributed by atoms with E-state index in [1.807, 2.05) is 0 Å². The van der Waals surface area contributed by atoms with E-state index >= 15 is 0 Å². The second-order valence-electron chi connectivity index (χ2n) is 5.73. The molecule has 0 unspecified atom stereocenters. The van der Waals surface area contributed by atoms with Crippen molar-refractivity contribution in [2.75, 3.05) is 0 Å². The van der Waals surface area contributed by atoms with E-state index in [-0.39, 0.29) is 5.41 Å². The highest BCUT2D eigenvalue weighted by Crippen LogP contribution is 2.41. The van der Waals surface area contributed by atoms with Crippen LogP contribution in [0.3, 0.4) is 0 Å². The van der Waals surface area contributed by atoms with Gasteiger partial charge in [0.25, 0.3) is 0 Å². The Labute approximate surface area is 106 Å². The van der Waals surface area contributed by atoms with Crippen LogP contribution >= 0.6 is 0 Å². The highest BCUT2D eigenvalue weighted by molar-refractivity contribution is 5.40. The van der Waals surface area contributed by atoms with Gasteiger partial charge in [0, 0.05) is 0 Å². The molecule has 0 heterocycles. The molecule has 2 rings (SSSR count). The average molecular weight is 225 g/mol. The Morgan fingerprint density at radius 3 is 1.94 bits per heavy atom. The number of hydrogen-bond donors (Lipinski definition) is 0. The van der Waals surface area contributed by atoms with Gasteiger partial charge in [-0.1, -0.05) is 43.2 Å². The van der Waals surface area contributed by atoms with Crippen LogP contribution in [0.25, 0.3) is 0 Å². The fourth-order valence-corrected chi connectivity index (χ4v) is 2.61. The molecule has 0 spiro atoms. The summed E-state index contributed by atoms with van der Waals surface area (Å²) in [6.07, 6.45) is 9.79. The van der Waals surface area contributed by atoms with Crippen molar-refractivity contribution in [2.24, 2.45) is 5.41 Å². The average Bonchev–Trinajstić information content (AvgIpc) is 2.67. The highest BCUT2D eigenvalue weighted by Gasteiger charge is 2.32. The van der Waals surface area contributed by atoms with Gasteiger partial charge >= 0.3 is 0 Å². The highest BCUT2D eigenvalue weighted by atomic mass is 14.4. The summed E-state index contributed by atoms with van der Waals surface area (Å²) in [4.78, 5) is 0. The van der Waals surface area contributed by atoms with Crippen LogP contribution < -0.4 is 0 Å². The van der Waals surface area contributed by atoms with Gasteiger partial charge in [0.1, 0.15) is 0 Å². The van der Waals surface area contributed by atoms with E-state index in [1.165, 1.54) is 22.6 Å². The van der Waals surface area contributed by atoms with Crippen molar-refractivity contribution in [2.45, 2.75) is 34.1 Å². The summed E-state index contributed by atoms with van der Waals surface area (Å²) in [7, 11) is 0. The van der Waals surface area contributed by atoms with Crippen molar-refractivity contribution in [1.29, 1.82) is 0 Å². The molecule has 0 nitrogen and oxygen atoms in total. The Morgan fingerprint density at radius 2 is 1.41 bits per heavy atom. The summed E-state index contributed by atoms with van der Waals surface area (Å²) < 4.78 is 0. The molecule has 0 atom stereocenters. The number of hydrogen-bond acceptors (Lipinski definition) is 0. The van der Waals surface area contributed by atoms with Crippen LogP contribution in [0.1, 0.15) is 30.5 Å². The maximum absolute atomic E-state index is 2.32. The molecule has 0 heteroatoms. The lowest BCUT2D eigenvalue weighted by molar-refractivity contribution is 0.407. The minimum absolute atomic E-state index is 0.212. The lowest BCUT2D eigenvalue weighted by Gasteiger charge is -2.31. The summed E-state index contributed by atoms with van der Waals surface area (Å²) >= 11 is 0. The Hall–Kier alpha value is -0.780. The zero-order valence-electron chi connectivity index (χ0n) is 11.2. The number of rotatable bonds is 3. The quantitative estimate of drug-likeness (QED) is 0.720. The van der Waals surface area contributed by atoms with Crippen LogP contribution in [-0.2, 0) is 6.42 Å². The first-order valence-electron chi connectivity index (χ1n) is 6.27. The molecule has 1 fully saturated rings. The largest absolute Gasteiger partial charge is 0.0590 e. The molecule has 1 aromatic rings. The van der Waals surface area contributed by atoms with Gasteiger partial charge in [0.2, 0.25) is 0 Å². The van der Waals surface area contributed by atoms with Gasteiger partial charge in [0.05, 0.1) is 0 Å². The molecule has 0 amide bonds. The van der Waals surface area contributed by atoms with Crippen LogP contribution in [0.5, 0.6) is 0 Å². The van der Waals surface area contributed by atoms with Crippen molar-refractivity contribution < 1.29 is 0 Å². The van der Waals surface area contributed by atoms with Gasteiger partial charge in [-0.15, -0.1) is 0 Å². The molecule has 1 aromatic carbocycles. The molecular formula is C17H21. The molecule has 17 heavy (non-hydrogen) atoms. The van der Waals surface area contributed by atoms with Gasteiger partial charge < -0.3 is 0 Å². The second-order valence-corrected chi connectivity index (χ2v) is 5.73. The molecule has 0 bridgehead atoms. The SMILES string of the molecule is Cc1cc(C)cc(CC(C)(C)[C]2[CH][CH][CH][CH]2)c1. The molecule has 0 saturated heterocycles. The predicted octanol–water partition coefficient (Wildman–Crippen LogP) is 4.28. The Kier molecular flexibility index (Phi) is 3.61. The van der Waals surface area contributed by atoms with Crippen LogP contribution in [-0.4, -0.2) is 0 Å². The van der Waals surface area contributed by atoms with Crippen LogP contribution in [0.15, 0.2) is 18.2 Å². The molecule has 0 N–H and O–H groups in total. The maximum Gasteiger partial charge on any atom is -0.0107 e. The van der Waals surface area contributed by atoms with Crippen LogP contribution in [0.2, 0.25) is 0 Å². The van der Waals surface area contributed by atoms with E-state index < -0.39 is 0 Å². The lowest BCUT2D eigenvalue weighted by Crippen LogP contribution is -2.23. The zero-order valence-corrected chi connectivity index (χ0v) is 11.2. The fourth-order valence-electron chi connectivity index (χ4n) is 2.61. The predicted molar refractivity (Wildman–Crippen MR) is 73.8 cm³/mol. The smallest absolute Gasteiger partial charge is 0.0107 e. The first-order chi connectivity index (χ1) is 7.97. The molecule has 0 aliphatic heterocycles. The minimum Gasteiger partial charge on any atom is -0.0590 e. The third-order valence-electron chi connectivity index (χ3n) is 3.37. The van der Waals surface area contributed by atoms with Crippen LogP contribution in [0, 0.1) is 50.9 Å². The van der Waals surface area contributed by atoms with E-state index in [1.54, 1.807) is 0 Å². The normalized spacial score (nSPS) is 17.6. The summed E-state index contributed by atoms with van der Waals surface area (Å²) in [5, 5.41) is 0. The van der Waals surface area contributed by atoms with E-state index in [0.29, 0.717) is 0 Å². The monoisotopic (exact) mass is 225 g/mol. The molecular weight excluding hydrogens is 204 g/mol. The summed E-state index contributed by atoms with van der Waals surface area (Å²) in [5.41, 5.74) is 4.37. The zero-order chi connectivity index (χ0) is 12.5. The Bertz CT molecular complexity index is 361. The van der Waals surface area contributed by atoms with Gasteiger partial charge in [-0.2, -0.15) is 0 Å². The van der Waals surface area contributed by atoms with Crippen molar-refractivity contribution in [1.82, 2.24) is 0 Å². The minimum atomic E-state index is 0.212. The standard InChI is InChI=1S/C17H21/c1-13-9-14(2)11-15(10-13)12-17(3,4)16-7-5-6-8-16/h5-11H,12H2,1-4H3. The summed E-state index contributed by atoms with van der Waals surface area (Å²) in [6.45, 7) is 8.98. The lowest BCUT2D eigenvalue weighted by atomic mass is 9.73. The molecule has 1 aliphatic rings. The van der Waals surface area contributed by atoms with E-state index in [2.05, 4.69) is 71.6 Å². The molecule has 1 aliphatic carbocycles. The van der Waals surface area contributed by atoms with E-state index in [9.17, 15) is 0 Å². The summed E-state index contributed by atoms with van der Waals surface area (Å²) in [6, 6.07) is 6.84. The van der Waals surface area contributed by atoms with Gasteiger partial charge in [-0.05, 0) is 62.8 Å². The van der Waals surface area contributed by atoms with Crippen molar-refractivity contribution in [3.8, 4) is 0 Å². The summed E-state index contributed by atoms with van der Waals surface area (Å²) in [5.74, 6) is 1.43. The Morgan fingerprint density at radius 1 is 0.882 bits per heavy atom.